The number of nitrogens with zero attached hydrogens (tertiary/aromatic N) is 3. The van der Waals surface area contributed by atoms with Crippen LogP contribution in [0.3, 0.4) is 0 Å². The maximum absolute atomic E-state index is 10.4. The summed E-state index contributed by atoms with van der Waals surface area (Å²) in [6.07, 6.45) is 0.362. The predicted molar refractivity (Wildman–Crippen MR) is 67.3 cm³/mol. The molecule has 1 heterocycles. The van der Waals surface area contributed by atoms with Gasteiger partial charge in [-0.1, -0.05) is 4.98 Å². The number of carbonyl (C=O) groups is 2. The molecule has 0 atom stereocenters. The Kier molecular flexibility index (Phi) is 12.9. The van der Waals surface area contributed by atoms with Crippen molar-refractivity contribution in [1.82, 2.24) is 14.9 Å². The van der Waals surface area contributed by atoms with E-state index in [1.54, 1.807) is 0 Å². The zero-order chi connectivity index (χ0) is 14.8. The molecule has 0 saturated heterocycles. The van der Waals surface area contributed by atoms with E-state index in [9.17, 15) is 14.9 Å². The number of aromatic nitrogens is 2. The SMILES string of the molecule is O=C(O)NCCCn1ccnc1[N+](=O)[O-].O=C(O)O.[CsH]. The maximum atomic E-state index is 10.4. The summed E-state index contributed by atoms with van der Waals surface area (Å²) < 4.78 is 1.36. The van der Waals surface area contributed by atoms with E-state index in [2.05, 4.69) is 10.3 Å². The van der Waals surface area contributed by atoms with Crippen LogP contribution >= 0.6 is 0 Å². The molecule has 0 aliphatic rings. The molecule has 4 N–H and O–H groups in total. The summed E-state index contributed by atoms with van der Waals surface area (Å²) >= 11 is 0. The van der Waals surface area contributed by atoms with Crippen LogP contribution in [0.1, 0.15) is 6.42 Å². The van der Waals surface area contributed by atoms with Gasteiger partial charge in [0.2, 0.25) is 0 Å². The van der Waals surface area contributed by atoms with Gasteiger partial charge < -0.3 is 30.8 Å². The van der Waals surface area contributed by atoms with Crippen molar-refractivity contribution in [2.75, 3.05) is 6.54 Å². The first kappa shape index (κ1) is 21.5. The minimum atomic E-state index is -1.83. The fourth-order valence-electron chi connectivity index (χ4n) is 1.09. The molecular formula is C8H13CsN4O7. The van der Waals surface area contributed by atoms with E-state index < -0.39 is 17.2 Å². The molecule has 1 aromatic heterocycles. The van der Waals surface area contributed by atoms with Crippen LogP contribution in [0, 0.1) is 10.1 Å². The number of hydrogen-bond acceptors (Lipinski definition) is 5. The van der Waals surface area contributed by atoms with Gasteiger partial charge in [-0.05, 0) is 11.3 Å². The van der Waals surface area contributed by atoms with E-state index in [4.69, 9.17) is 20.1 Å². The fourth-order valence-corrected chi connectivity index (χ4v) is 1.09. The summed E-state index contributed by atoms with van der Waals surface area (Å²) in [6, 6.07) is 0. The number of carboxylic acid groups (broad SMARTS) is 3. The molecule has 0 saturated carbocycles. The molecule has 0 radical (unpaired) electrons. The molecule has 0 fully saturated rings. The van der Waals surface area contributed by atoms with E-state index in [-0.39, 0.29) is 81.4 Å². The predicted octanol–water partition coefficient (Wildman–Crippen LogP) is 0.0229. The van der Waals surface area contributed by atoms with Gasteiger partial charge in [0.1, 0.15) is 12.4 Å². The first-order valence-electron chi connectivity index (χ1n) is 4.88. The molecule has 0 aliphatic carbocycles. The normalized spacial score (nSPS) is 8.60. The number of imidazole rings is 1. The number of amides is 1. The molecule has 11 nitrogen and oxygen atoms in total. The summed E-state index contributed by atoms with van der Waals surface area (Å²) in [6.45, 7) is 0.612. The molecule has 0 aromatic carbocycles. The van der Waals surface area contributed by atoms with Gasteiger partial charge in [-0.25, -0.2) is 14.2 Å². The Morgan fingerprint density at radius 2 is 1.95 bits per heavy atom. The summed E-state index contributed by atoms with van der Waals surface area (Å²) in [5.74, 6) is -0.231. The van der Waals surface area contributed by atoms with Crippen LogP contribution in [0.15, 0.2) is 12.4 Å². The molecule has 1 rings (SSSR count). The molecule has 12 heteroatoms. The summed E-state index contributed by atoms with van der Waals surface area (Å²) in [5.41, 5.74) is 0. The van der Waals surface area contributed by atoms with Gasteiger partial charge in [-0.15, -0.1) is 0 Å². The molecule has 1 aromatic rings. The van der Waals surface area contributed by atoms with Crippen LogP contribution in [0.5, 0.6) is 0 Å². The second-order valence-electron chi connectivity index (χ2n) is 3.05. The third-order valence-corrected chi connectivity index (χ3v) is 1.71. The average molecular weight is 410 g/mol. The average Bonchev–Trinajstić information content (AvgIpc) is 2.71. The Hall–Kier alpha value is -0.798. The van der Waals surface area contributed by atoms with Crippen molar-refractivity contribution >= 4 is 87.1 Å². The molecule has 0 aliphatic heterocycles. The number of nitrogens with one attached hydrogen (secondary N) is 1. The van der Waals surface area contributed by atoms with E-state index in [0.717, 1.165) is 0 Å². The molecule has 1 amide bonds. The summed E-state index contributed by atoms with van der Waals surface area (Å²) in [7, 11) is 0. The Bertz CT molecular complexity index is 446. The van der Waals surface area contributed by atoms with Crippen molar-refractivity contribution in [2.45, 2.75) is 13.0 Å². The number of aryl methyl sites for hydroxylation is 1. The van der Waals surface area contributed by atoms with Crippen molar-refractivity contribution < 1.29 is 29.8 Å². The van der Waals surface area contributed by atoms with E-state index in [1.165, 1.54) is 17.0 Å². The molecule has 108 valence electrons. The van der Waals surface area contributed by atoms with E-state index in [1.807, 2.05) is 0 Å². The second kappa shape index (κ2) is 12.0. The molecule has 0 unspecified atom stereocenters. The van der Waals surface area contributed by atoms with Crippen LogP contribution in [0.25, 0.3) is 0 Å². The van der Waals surface area contributed by atoms with Crippen LogP contribution < -0.4 is 5.32 Å². The molecule has 0 spiro atoms. The Morgan fingerprint density at radius 1 is 1.40 bits per heavy atom. The van der Waals surface area contributed by atoms with Crippen LogP contribution in [-0.4, -0.2) is 117 Å². The third kappa shape index (κ3) is 11.1. The van der Waals surface area contributed by atoms with Gasteiger partial charge in [0, 0.05) is 6.54 Å². The monoisotopic (exact) mass is 410 g/mol. The quantitative estimate of drug-likeness (QED) is 0.299. The first-order chi connectivity index (χ1) is 8.84. The van der Waals surface area contributed by atoms with Crippen LogP contribution in [0.2, 0.25) is 0 Å². The molecule has 20 heavy (non-hydrogen) atoms. The van der Waals surface area contributed by atoms with Gasteiger partial charge >= 0.3 is 87.1 Å². The molecular weight excluding hydrogens is 397 g/mol. The zero-order valence-corrected chi connectivity index (χ0v) is 9.59. The third-order valence-electron chi connectivity index (χ3n) is 1.71. The van der Waals surface area contributed by atoms with Gasteiger partial charge in [-0.3, -0.25) is 0 Å². The van der Waals surface area contributed by atoms with E-state index >= 15 is 0 Å². The van der Waals surface area contributed by atoms with Crippen LogP contribution in [0.4, 0.5) is 15.5 Å². The standard InChI is InChI=1S/C7H10N4O4.CH2O3.Cs.H/c12-7(13)9-2-1-4-10-5-3-8-6(10)11(14)15;2-1(3)4;;/h3,5,9H,1-2,4H2,(H,12,13);(H2,2,3,4);;. The number of nitro groups is 1. The Morgan fingerprint density at radius 3 is 2.40 bits per heavy atom. The number of rotatable bonds is 5. The van der Waals surface area contributed by atoms with Gasteiger partial charge in [-0.2, -0.15) is 0 Å². The minimum absolute atomic E-state index is 0. The summed E-state index contributed by atoms with van der Waals surface area (Å²) in [5, 5.41) is 34.8. The van der Waals surface area contributed by atoms with Crippen molar-refractivity contribution in [1.29, 1.82) is 0 Å². The number of hydrogen-bond donors (Lipinski definition) is 4. The van der Waals surface area contributed by atoms with Gasteiger partial charge in [0.05, 0.1) is 6.54 Å². The van der Waals surface area contributed by atoms with Crippen LogP contribution in [-0.2, 0) is 6.54 Å². The van der Waals surface area contributed by atoms with Crippen molar-refractivity contribution in [3.63, 3.8) is 0 Å². The fraction of sp³-hybridized carbons (Fsp3) is 0.375. The van der Waals surface area contributed by atoms with Crippen molar-refractivity contribution in [3.05, 3.63) is 22.5 Å². The Balaban J connectivity index is 0. The zero-order valence-electron chi connectivity index (χ0n) is 9.59. The Labute approximate surface area is 171 Å². The second-order valence-corrected chi connectivity index (χ2v) is 3.05. The van der Waals surface area contributed by atoms with Gasteiger partial charge in [0.15, 0.2) is 0 Å². The van der Waals surface area contributed by atoms with Crippen molar-refractivity contribution in [3.8, 4) is 0 Å². The first-order valence-corrected chi connectivity index (χ1v) is 4.88. The van der Waals surface area contributed by atoms with E-state index in [0.29, 0.717) is 13.0 Å². The molecule has 0 bridgehead atoms. The van der Waals surface area contributed by atoms with Crippen molar-refractivity contribution in [2.24, 2.45) is 0 Å². The van der Waals surface area contributed by atoms with Gasteiger partial charge in [0.25, 0.3) is 0 Å². The summed E-state index contributed by atoms with van der Waals surface area (Å²) in [4.78, 5) is 32.1. The topological polar surface area (TPSA) is 168 Å².